The third-order valence-corrected chi connectivity index (χ3v) is 7.10. The number of halogens is 1. The highest BCUT2D eigenvalue weighted by Crippen LogP contribution is 2.41. The number of methoxy groups -OCH3 is 1. The number of aromatic nitrogens is 3. The van der Waals surface area contributed by atoms with E-state index in [0.29, 0.717) is 17.9 Å². The fourth-order valence-electron chi connectivity index (χ4n) is 3.27. The number of nitrogens with two attached hydrogens (primary N) is 1. The molecule has 2 N–H and O–H groups in total. The van der Waals surface area contributed by atoms with Gasteiger partial charge in [-0.1, -0.05) is 23.9 Å². The van der Waals surface area contributed by atoms with Crippen molar-refractivity contribution < 1.29 is 14.2 Å². The highest BCUT2D eigenvalue weighted by molar-refractivity contribution is 14.1. The summed E-state index contributed by atoms with van der Waals surface area (Å²) in [6.45, 7) is 0.894. The van der Waals surface area contributed by atoms with Crippen LogP contribution in [-0.2, 0) is 6.54 Å². The number of fused-ring (bicyclic) bond motifs is 2. The molecule has 4 aromatic rings. The lowest BCUT2D eigenvalue weighted by atomic mass is 10.2. The van der Waals surface area contributed by atoms with Crippen LogP contribution in [0.1, 0.15) is 5.56 Å². The van der Waals surface area contributed by atoms with Crippen molar-refractivity contribution in [2.45, 2.75) is 16.6 Å². The van der Waals surface area contributed by atoms with Crippen LogP contribution in [0.3, 0.4) is 0 Å². The largest absolute Gasteiger partial charge is 0.497 e. The summed E-state index contributed by atoms with van der Waals surface area (Å²) in [7, 11) is 1.66. The van der Waals surface area contributed by atoms with Gasteiger partial charge in [0.15, 0.2) is 22.5 Å². The average Bonchev–Trinajstić information content (AvgIpc) is 3.34. The lowest BCUT2D eigenvalue weighted by molar-refractivity contribution is 0.174. The van der Waals surface area contributed by atoms with Crippen molar-refractivity contribution in [2.75, 3.05) is 19.6 Å². The second-order valence-corrected chi connectivity index (χ2v) is 8.80. The van der Waals surface area contributed by atoms with Gasteiger partial charge < -0.3 is 24.5 Å². The molecule has 2 aromatic carbocycles. The Balaban J connectivity index is 1.57. The first-order chi connectivity index (χ1) is 14.6. The first-order valence-electron chi connectivity index (χ1n) is 9.13. The van der Waals surface area contributed by atoms with Crippen LogP contribution < -0.4 is 19.9 Å². The van der Waals surface area contributed by atoms with Gasteiger partial charge in [-0.15, -0.1) is 0 Å². The van der Waals surface area contributed by atoms with Crippen LogP contribution in [-0.4, -0.2) is 28.4 Å². The number of pyridine rings is 1. The van der Waals surface area contributed by atoms with Crippen LogP contribution >= 0.6 is 34.4 Å². The topological polar surface area (TPSA) is 84.4 Å². The first-order valence-corrected chi connectivity index (χ1v) is 11.0. The molecule has 1 aliphatic rings. The fourth-order valence-corrected chi connectivity index (χ4v) is 4.97. The number of rotatable bonds is 5. The molecule has 5 rings (SSSR count). The monoisotopic (exact) mass is 532 g/mol. The Morgan fingerprint density at radius 1 is 1.17 bits per heavy atom. The Labute approximate surface area is 190 Å². The molecule has 3 heterocycles. The first kappa shape index (κ1) is 19.3. The number of anilines is 1. The summed E-state index contributed by atoms with van der Waals surface area (Å²) < 4.78 is 19.5. The van der Waals surface area contributed by atoms with Crippen molar-refractivity contribution in [2.24, 2.45) is 0 Å². The van der Waals surface area contributed by atoms with Crippen LogP contribution in [0, 0.1) is 3.57 Å². The molecule has 0 saturated heterocycles. The zero-order chi connectivity index (χ0) is 20.7. The summed E-state index contributed by atoms with van der Waals surface area (Å²) in [6, 6.07) is 13.9. The molecular formula is C21H17IN4O3S. The molecule has 0 fully saturated rings. The molecule has 0 aliphatic carbocycles. The molecule has 1 aliphatic heterocycles. The minimum atomic E-state index is 0.248. The van der Waals surface area contributed by atoms with Crippen LogP contribution in [0.2, 0.25) is 0 Å². The Morgan fingerprint density at radius 3 is 2.70 bits per heavy atom. The molecule has 7 nitrogen and oxygen atoms in total. The maximum Gasteiger partial charge on any atom is 0.231 e. The predicted octanol–water partition coefficient (Wildman–Crippen LogP) is 4.55. The van der Waals surface area contributed by atoms with Gasteiger partial charge in [0, 0.05) is 14.7 Å². The van der Waals surface area contributed by atoms with Gasteiger partial charge in [-0.05, 0) is 58.5 Å². The van der Waals surface area contributed by atoms with Crippen molar-refractivity contribution in [3.05, 3.63) is 57.8 Å². The second kappa shape index (κ2) is 7.88. The van der Waals surface area contributed by atoms with Crippen LogP contribution in [0.15, 0.2) is 58.7 Å². The van der Waals surface area contributed by atoms with E-state index in [1.165, 1.54) is 0 Å². The summed E-state index contributed by atoms with van der Waals surface area (Å²) >= 11 is 3.87. The lowest BCUT2D eigenvalue weighted by Gasteiger charge is -2.11. The molecule has 0 bridgehead atoms. The highest BCUT2D eigenvalue weighted by Gasteiger charge is 2.20. The molecule has 9 heteroatoms. The van der Waals surface area contributed by atoms with Gasteiger partial charge in [0.05, 0.1) is 19.2 Å². The van der Waals surface area contributed by atoms with E-state index in [-0.39, 0.29) is 6.79 Å². The van der Waals surface area contributed by atoms with Gasteiger partial charge >= 0.3 is 0 Å². The number of imidazole rings is 1. The Bertz CT molecular complexity index is 1240. The smallest absolute Gasteiger partial charge is 0.231 e. The van der Waals surface area contributed by atoms with E-state index in [1.807, 2.05) is 42.5 Å². The fraction of sp³-hybridized carbons (Fsp3) is 0.143. The van der Waals surface area contributed by atoms with Gasteiger partial charge in [-0.2, -0.15) is 0 Å². The van der Waals surface area contributed by atoms with Crippen LogP contribution in [0.5, 0.6) is 17.2 Å². The summed E-state index contributed by atoms with van der Waals surface area (Å²) in [5, 5.41) is 0.831. The minimum Gasteiger partial charge on any atom is -0.497 e. The maximum atomic E-state index is 6.12. The molecule has 0 amide bonds. The van der Waals surface area contributed by atoms with Gasteiger partial charge in [0.1, 0.15) is 11.3 Å². The third-order valence-electron chi connectivity index (χ3n) is 4.79. The molecule has 0 spiro atoms. The zero-order valence-electron chi connectivity index (χ0n) is 16.0. The summed E-state index contributed by atoms with van der Waals surface area (Å²) in [5.41, 5.74) is 8.89. The van der Waals surface area contributed by atoms with E-state index in [2.05, 4.69) is 32.1 Å². The van der Waals surface area contributed by atoms with Crippen molar-refractivity contribution in [3.63, 3.8) is 0 Å². The lowest BCUT2D eigenvalue weighted by Crippen LogP contribution is -2.02. The number of benzene rings is 2. The average molecular weight is 532 g/mol. The Morgan fingerprint density at radius 2 is 1.93 bits per heavy atom. The molecule has 0 unspecified atom stereocenters. The molecule has 0 saturated carbocycles. The van der Waals surface area contributed by atoms with E-state index in [4.69, 9.17) is 24.9 Å². The summed E-state index contributed by atoms with van der Waals surface area (Å²) in [5.74, 6) is 2.76. The molecular weight excluding hydrogens is 515 g/mol. The Hall–Kier alpha value is -2.66. The number of hydrogen-bond acceptors (Lipinski definition) is 7. The maximum absolute atomic E-state index is 6.12. The van der Waals surface area contributed by atoms with E-state index < -0.39 is 0 Å². The summed E-state index contributed by atoms with van der Waals surface area (Å²) in [4.78, 5) is 10.1. The summed E-state index contributed by atoms with van der Waals surface area (Å²) in [6.07, 6.45) is 1.71. The minimum absolute atomic E-state index is 0.248. The zero-order valence-corrected chi connectivity index (χ0v) is 18.9. The van der Waals surface area contributed by atoms with Crippen molar-refractivity contribution in [1.82, 2.24) is 14.5 Å². The number of hydrogen-bond donors (Lipinski definition) is 1. The molecule has 152 valence electrons. The van der Waals surface area contributed by atoms with Crippen LogP contribution in [0.4, 0.5) is 5.82 Å². The van der Waals surface area contributed by atoms with Crippen molar-refractivity contribution in [1.29, 1.82) is 0 Å². The van der Waals surface area contributed by atoms with Gasteiger partial charge in [0.2, 0.25) is 6.79 Å². The van der Waals surface area contributed by atoms with E-state index >= 15 is 0 Å². The second-order valence-electron chi connectivity index (χ2n) is 6.63. The van der Waals surface area contributed by atoms with E-state index in [0.717, 1.165) is 42.0 Å². The number of ether oxygens (including phenoxy) is 3. The van der Waals surface area contributed by atoms with Crippen LogP contribution in [0.25, 0.3) is 11.0 Å². The standard InChI is InChI=1S/C21H17IN4O3S/c1-27-13-4-2-12(3-5-13)10-26-15-6-7-24-20(23)19(15)25-21(26)30-18-9-17-16(8-14(18)22)28-11-29-17/h2-9H,10-11H2,1H3,(H2,23,24). The molecule has 30 heavy (non-hydrogen) atoms. The number of nitrogen functional groups attached to an aromatic ring is 1. The normalized spacial score (nSPS) is 12.5. The van der Waals surface area contributed by atoms with Gasteiger partial charge in [0.25, 0.3) is 0 Å². The van der Waals surface area contributed by atoms with Gasteiger partial charge in [-0.3, -0.25) is 0 Å². The molecule has 0 radical (unpaired) electrons. The Kier molecular flexibility index (Phi) is 5.07. The van der Waals surface area contributed by atoms with E-state index in [9.17, 15) is 0 Å². The van der Waals surface area contributed by atoms with Gasteiger partial charge in [-0.25, -0.2) is 9.97 Å². The number of nitrogens with zero attached hydrogens (tertiary/aromatic N) is 3. The third kappa shape index (κ3) is 3.52. The molecule has 0 atom stereocenters. The quantitative estimate of drug-likeness (QED) is 0.378. The van der Waals surface area contributed by atoms with E-state index in [1.54, 1.807) is 25.1 Å². The molecule has 2 aromatic heterocycles. The SMILES string of the molecule is COc1ccc(Cn2c(Sc3cc4c(cc3I)OCO4)nc3c(N)nccc32)cc1. The van der Waals surface area contributed by atoms with Crippen molar-refractivity contribution >= 4 is 51.2 Å². The van der Waals surface area contributed by atoms with Crippen molar-refractivity contribution in [3.8, 4) is 17.2 Å². The predicted molar refractivity (Wildman–Crippen MR) is 123 cm³/mol. The highest BCUT2D eigenvalue weighted by atomic mass is 127.